The van der Waals surface area contributed by atoms with Crippen molar-refractivity contribution in [1.82, 2.24) is 20.1 Å². The number of nitrogens with zero attached hydrogens (tertiary/aromatic N) is 3. The monoisotopic (exact) mass is 227 g/mol. The van der Waals surface area contributed by atoms with Crippen LogP contribution in [0.25, 0.3) is 0 Å². The first kappa shape index (κ1) is 13.0. The van der Waals surface area contributed by atoms with E-state index >= 15 is 0 Å². The van der Waals surface area contributed by atoms with Crippen LogP contribution in [0.15, 0.2) is 6.20 Å². The molecule has 1 aromatic rings. The first-order valence-corrected chi connectivity index (χ1v) is 5.26. The van der Waals surface area contributed by atoms with E-state index in [9.17, 15) is 0 Å². The van der Waals surface area contributed by atoms with Gasteiger partial charge in [-0.15, -0.1) is 0 Å². The average molecular weight is 227 g/mol. The van der Waals surface area contributed by atoms with Gasteiger partial charge >= 0.3 is 0 Å². The molecule has 1 aromatic heterocycles. The molecule has 0 saturated heterocycles. The summed E-state index contributed by atoms with van der Waals surface area (Å²) in [6.45, 7) is 0.948. The number of aryl methyl sites for hydroxylation is 1. The van der Waals surface area contributed by atoms with E-state index in [4.69, 9.17) is 10.6 Å². The molecule has 0 amide bonds. The van der Waals surface area contributed by atoms with E-state index < -0.39 is 0 Å². The third-order valence-electron chi connectivity index (χ3n) is 2.57. The zero-order valence-electron chi connectivity index (χ0n) is 10.4. The highest BCUT2D eigenvalue weighted by molar-refractivity contribution is 5.28. The van der Waals surface area contributed by atoms with Crippen molar-refractivity contribution < 1.29 is 4.74 Å². The molecule has 92 valence electrons. The molecule has 1 heterocycles. The predicted octanol–water partition coefficient (Wildman–Crippen LogP) is -0.115. The van der Waals surface area contributed by atoms with Crippen LogP contribution in [0.1, 0.15) is 18.2 Å². The Bertz CT molecular complexity index is 323. The number of aromatic nitrogens is 2. The molecule has 6 nitrogen and oxygen atoms in total. The molecule has 0 aliphatic rings. The lowest BCUT2D eigenvalue weighted by molar-refractivity contribution is 0.344. The van der Waals surface area contributed by atoms with Gasteiger partial charge in [0.2, 0.25) is 0 Å². The van der Waals surface area contributed by atoms with E-state index in [0.29, 0.717) is 0 Å². The van der Waals surface area contributed by atoms with E-state index in [1.165, 1.54) is 0 Å². The summed E-state index contributed by atoms with van der Waals surface area (Å²) >= 11 is 0. The fraction of sp³-hybridized carbons (Fsp3) is 0.700. The normalized spacial score (nSPS) is 13.1. The summed E-state index contributed by atoms with van der Waals surface area (Å²) in [4.78, 5) is 2.12. The molecule has 0 spiro atoms. The molecule has 1 atom stereocenters. The number of rotatable bonds is 6. The average Bonchev–Trinajstić information content (AvgIpc) is 2.61. The van der Waals surface area contributed by atoms with Gasteiger partial charge in [0.15, 0.2) is 5.75 Å². The van der Waals surface area contributed by atoms with E-state index in [1.54, 1.807) is 18.0 Å². The van der Waals surface area contributed by atoms with Crippen LogP contribution in [0.3, 0.4) is 0 Å². The number of methoxy groups -OCH3 is 1. The summed E-state index contributed by atoms with van der Waals surface area (Å²) in [6, 6.07) is 0.0462. The maximum atomic E-state index is 5.58. The van der Waals surface area contributed by atoms with Crippen molar-refractivity contribution >= 4 is 0 Å². The molecular weight excluding hydrogens is 206 g/mol. The fourth-order valence-electron chi connectivity index (χ4n) is 1.67. The Morgan fingerprint density at radius 3 is 2.81 bits per heavy atom. The van der Waals surface area contributed by atoms with Crippen LogP contribution < -0.4 is 16.0 Å². The number of ether oxygens (including phenoxy) is 1. The molecule has 1 unspecified atom stereocenters. The smallest absolute Gasteiger partial charge is 0.161 e. The molecule has 0 fully saturated rings. The van der Waals surface area contributed by atoms with Crippen LogP contribution >= 0.6 is 0 Å². The topological polar surface area (TPSA) is 68.3 Å². The van der Waals surface area contributed by atoms with Crippen molar-refractivity contribution in [1.29, 1.82) is 0 Å². The summed E-state index contributed by atoms with van der Waals surface area (Å²) in [6.07, 6.45) is 2.61. The maximum Gasteiger partial charge on any atom is 0.161 e. The van der Waals surface area contributed by atoms with Crippen molar-refractivity contribution in [3.63, 3.8) is 0 Å². The summed E-state index contributed by atoms with van der Waals surface area (Å²) in [5, 5.41) is 4.17. The Hall–Kier alpha value is -1.11. The highest BCUT2D eigenvalue weighted by Gasteiger charge is 2.19. The Morgan fingerprint density at radius 1 is 1.62 bits per heavy atom. The summed E-state index contributed by atoms with van der Waals surface area (Å²) in [5.41, 5.74) is 3.79. The van der Waals surface area contributed by atoms with Crippen molar-refractivity contribution in [2.75, 3.05) is 27.7 Å². The van der Waals surface area contributed by atoms with Crippen molar-refractivity contribution in [2.24, 2.45) is 12.9 Å². The van der Waals surface area contributed by atoms with Crippen LogP contribution in [0, 0.1) is 0 Å². The second-order valence-corrected chi connectivity index (χ2v) is 4.03. The van der Waals surface area contributed by atoms with E-state index in [-0.39, 0.29) is 6.04 Å². The standard InChI is InChI=1S/C10H21N5O/c1-14(2)6-5-8(13-11)10-9(16-4)7-12-15(10)3/h7-8,13H,5-6,11H2,1-4H3. The molecular formula is C10H21N5O. The molecule has 0 saturated carbocycles. The second-order valence-electron chi connectivity index (χ2n) is 4.03. The zero-order chi connectivity index (χ0) is 12.1. The van der Waals surface area contributed by atoms with Crippen molar-refractivity contribution in [3.05, 3.63) is 11.9 Å². The highest BCUT2D eigenvalue weighted by Crippen LogP contribution is 2.25. The fourth-order valence-corrected chi connectivity index (χ4v) is 1.67. The number of nitrogens with two attached hydrogens (primary N) is 1. The highest BCUT2D eigenvalue weighted by atomic mass is 16.5. The number of hydrogen-bond donors (Lipinski definition) is 2. The van der Waals surface area contributed by atoms with Gasteiger partial charge in [0.1, 0.15) is 0 Å². The van der Waals surface area contributed by atoms with Gasteiger partial charge in [0.25, 0.3) is 0 Å². The second kappa shape index (κ2) is 5.83. The van der Waals surface area contributed by atoms with Crippen LogP contribution in [0.4, 0.5) is 0 Å². The van der Waals surface area contributed by atoms with Gasteiger partial charge in [0, 0.05) is 7.05 Å². The SMILES string of the molecule is COc1cnn(C)c1C(CCN(C)C)NN. The first-order valence-electron chi connectivity index (χ1n) is 5.26. The Labute approximate surface area is 96.3 Å². The van der Waals surface area contributed by atoms with Gasteiger partial charge in [0.05, 0.1) is 25.0 Å². The first-order chi connectivity index (χ1) is 7.60. The molecule has 6 heteroatoms. The Kier molecular flexibility index (Phi) is 4.72. The third-order valence-corrected chi connectivity index (χ3v) is 2.57. The number of hydrogen-bond acceptors (Lipinski definition) is 5. The minimum absolute atomic E-state index is 0.0462. The minimum atomic E-state index is 0.0462. The molecule has 1 rings (SSSR count). The van der Waals surface area contributed by atoms with Crippen LogP contribution in [-0.4, -0.2) is 42.4 Å². The van der Waals surface area contributed by atoms with Crippen molar-refractivity contribution in [3.8, 4) is 5.75 Å². The third kappa shape index (κ3) is 2.94. The van der Waals surface area contributed by atoms with Crippen molar-refractivity contribution in [2.45, 2.75) is 12.5 Å². The minimum Gasteiger partial charge on any atom is -0.493 e. The number of hydrazine groups is 1. The summed E-state index contributed by atoms with van der Waals surface area (Å²) in [7, 11) is 7.60. The van der Waals surface area contributed by atoms with Gasteiger partial charge in [-0.05, 0) is 27.1 Å². The van der Waals surface area contributed by atoms with E-state index in [1.807, 2.05) is 21.1 Å². The lowest BCUT2D eigenvalue weighted by atomic mass is 10.1. The zero-order valence-corrected chi connectivity index (χ0v) is 10.4. The van der Waals surface area contributed by atoms with Crippen LogP contribution in [0.5, 0.6) is 5.75 Å². The summed E-state index contributed by atoms with van der Waals surface area (Å²) < 4.78 is 7.05. The Balaban J connectivity index is 2.81. The largest absolute Gasteiger partial charge is 0.493 e. The van der Waals surface area contributed by atoms with Gasteiger partial charge in [-0.2, -0.15) is 5.10 Å². The number of nitrogens with one attached hydrogen (secondary N) is 1. The predicted molar refractivity (Wildman–Crippen MR) is 63.0 cm³/mol. The van der Waals surface area contributed by atoms with Crippen LogP contribution in [0.2, 0.25) is 0 Å². The maximum absolute atomic E-state index is 5.58. The molecule has 0 aromatic carbocycles. The van der Waals surface area contributed by atoms with E-state index in [0.717, 1.165) is 24.4 Å². The molecule has 0 aliphatic heterocycles. The molecule has 0 aliphatic carbocycles. The lowest BCUT2D eigenvalue weighted by Gasteiger charge is -2.19. The van der Waals surface area contributed by atoms with Crippen LogP contribution in [-0.2, 0) is 7.05 Å². The van der Waals surface area contributed by atoms with Gasteiger partial charge in [-0.1, -0.05) is 0 Å². The summed E-state index contributed by atoms with van der Waals surface area (Å²) in [5.74, 6) is 6.35. The molecule has 3 N–H and O–H groups in total. The molecule has 0 radical (unpaired) electrons. The van der Waals surface area contributed by atoms with Gasteiger partial charge in [-0.25, -0.2) is 0 Å². The quantitative estimate of drug-likeness (QED) is 0.524. The van der Waals surface area contributed by atoms with Gasteiger partial charge < -0.3 is 9.64 Å². The van der Waals surface area contributed by atoms with E-state index in [2.05, 4.69) is 15.4 Å². The molecule has 0 bridgehead atoms. The lowest BCUT2D eigenvalue weighted by Crippen LogP contribution is -2.32. The van der Waals surface area contributed by atoms with Gasteiger partial charge in [-0.3, -0.25) is 16.0 Å². The Morgan fingerprint density at radius 2 is 2.31 bits per heavy atom. The molecule has 16 heavy (non-hydrogen) atoms.